The maximum absolute atomic E-state index is 5.81. The minimum Gasteiger partial charge on any atom is -0.467 e. The van der Waals surface area contributed by atoms with Crippen molar-refractivity contribution in [3.63, 3.8) is 0 Å². The predicted molar refractivity (Wildman–Crippen MR) is 68.0 cm³/mol. The molecule has 18 heavy (non-hydrogen) atoms. The highest BCUT2D eigenvalue weighted by Gasteiger charge is 2.34. The lowest BCUT2D eigenvalue weighted by atomic mass is 10.3. The van der Waals surface area contributed by atoms with Gasteiger partial charge in [0.25, 0.3) is 0 Å². The molecule has 3 rings (SSSR count). The van der Waals surface area contributed by atoms with Crippen molar-refractivity contribution in [1.29, 1.82) is 0 Å². The van der Waals surface area contributed by atoms with Gasteiger partial charge in [-0.3, -0.25) is 4.90 Å². The van der Waals surface area contributed by atoms with Gasteiger partial charge in [0.05, 0.1) is 7.11 Å². The number of hydrogen-bond donors (Lipinski definition) is 1. The Balaban J connectivity index is 1.63. The molecule has 1 atom stereocenters. The van der Waals surface area contributed by atoms with Gasteiger partial charge in [-0.15, -0.1) is 0 Å². The van der Waals surface area contributed by atoms with Gasteiger partial charge < -0.3 is 10.1 Å². The van der Waals surface area contributed by atoms with E-state index in [4.69, 9.17) is 16.3 Å². The van der Waals surface area contributed by atoms with Crippen molar-refractivity contribution in [3.05, 3.63) is 5.28 Å². The van der Waals surface area contributed by atoms with Gasteiger partial charge in [0.1, 0.15) is 0 Å². The molecule has 2 fully saturated rings. The molecule has 1 aromatic heterocycles. The summed E-state index contributed by atoms with van der Waals surface area (Å²) in [5.74, 6) is 0.495. The van der Waals surface area contributed by atoms with Gasteiger partial charge in [-0.05, 0) is 30.9 Å². The highest BCUT2D eigenvalue weighted by Crippen LogP contribution is 2.30. The molecule has 1 aliphatic carbocycles. The third-order valence-electron chi connectivity index (χ3n) is 3.39. The molecule has 1 aromatic rings. The summed E-state index contributed by atoms with van der Waals surface area (Å²) in [6.07, 6.45) is 3.80. The van der Waals surface area contributed by atoms with Crippen LogP contribution in [0.5, 0.6) is 6.01 Å². The molecule has 1 saturated heterocycles. The molecule has 98 valence electrons. The van der Waals surface area contributed by atoms with Crippen LogP contribution >= 0.6 is 11.6 Å². The first-order valence-corrected chi connectivity index (χ1v) is 6.58. The summed E-state index contributed by atoms with van der Waals surface area (Å²) in [6, 6.07) is 1.44. The molecule has 0 amide bonds. The zero-order chi connectivity index (χ0) is 12.5. The second-order valence-electron chi connectivity index (χ2n) is 4.77. The molecule has 0 radical (unpaired) electrons. The Bertz CT molecular complexity index is 439. The zero-order valence-electron chi connectivity index (χ0n) is 10.3. The monoisotopic (exact) mass is 269 g/mol. The Morgan fingerprint density at radius 2 is 2.11 bits per heavy atom. The van der Waals surface area contributed by atoms with Crippen LogP contribution in [-0.2, 0) is 0 Å². The van der Waals surface area contributed by atoms with Crippen molar-refractivity contribution in [3.8, 4) is 6.01 Å². The van der Waals surface area contributed by atoms with Gasteiger partial charge in [-0.25, -0.2) is 0 Å². The SMILES string of the molecule is COc1nc(Cl)nc(NC2CCN(C3CC3)C2)n1. The number of hydrogen-bond acceptors (Lipinski definition) is 6. The number of methoxy groups -OCH3 is 1. The fourth-order valence-corrected chi connectivity index (χ4v) is 2.50. The van der Waals surface area contributed by atoms with Gasteiger partial charge in [0, 0.05) is 25.2 Å². The van der Waals surface area contributed by atoms with Crippen molar-refractivity contribution >= 4 is 17.5 Å². The topological polar surface area (TPSA) is 63.2 Å². The number of nitrogens with one attached hydrogen (secondary N) is 1. The molecular weight excluding hydrogens is 254 g/mol. The van der Waals surface area contributed by atoms with E-state index in [9.17, 15) is 0 Å². The first-order chi connectivity index (χ1) is 8.74. The van der Waals surface area contributed by atoms with Gasteiger partial charge in [0.15, 0.2) is 0 Å². The van der Waals surface area contributed by atoms with E-state index in [0.717, 1.165) is 25.6 Å². The molecule has 0 spiro atoms. The standard InChI is InChI=1S/C11H16ClN5O/c1-18-11-15-9(12)14-10(16-11)13-7-4-5-17(6-7)8-2-3-8/h7-8H,2-6H2,1H3,(H,13,14,15,16). The highest BCUT2D eigenvalue weighted by atomic mass is 35.5. The molecule has 1 aliphatic heterocycles. The van der Waals surface area contributed by atoms with E-state index in [0.29, 0.717) is 12.0 Å². The van der Waals surface area contributed by atoms with E-state index in [1.165, 1.54) is 20.0 Å². The van der Waals surface area contributed by atoms with Gasteiger partial charge in [0.2, 0.25) is 11.2 Å². The first kappa shape index (κ1) is 11.9. The number of aromatic nitrogens is 3. The average Bonchev–Trinajstić information content (AvgIpc) is 3.10. The molecule has 6 nitrogen and oxygen atoms in total. The normalized spacial score (nSPS) is 24.2. The van der Waals surface area contributed by atoms with Crippen LogP contribution < -0.4 is 10.1 Å². The average molecular weight is 270 g/mol. The largest absolute Gasteiger partial charge is 0.467 e. The minimum absolute atomic E-state index is 0.154. The van der Waals surface area contributed by atoms with Crippen molar-refractivity contribution in [2.45, 2.75) is 31.3 Å². The summed E-state index contributed by atoms with van der Waals surface area (Å²) in [5, 5.41) is 3.45. The number of rotatable bonds is 4. The molecule has 1 unspecified atom stereocenters. The van der Waals surface area contributed by atoms with E-state index < -0.39 is 0 Å². The number of halogens is 1. The predicted octanol–water partition coefficient (Wildman–Crippen LogP) is 1.18. The second-order valence-corrected chi connectivity index (χ2v) is 5.11. The van der Waals surface area contributed by atoms with Crippen molar-refractivity contribution in [1.82, 2.24) is 19.9 Å². The van der Waals surface area contributed by atoms with Crippen LogP contribution in [0.25, 0.3) is 0 Å². The summed E-state index contributed by atoms with van der Waals surface area (Å²) in [7, 11) is 1.51. The van der Waals surface area contributed by atoms with E-state index in [1.54, 1.807) is 0 Å². The van der Waals surface area contributed by atoms with Crippen LogP contribution in [0.3, 0.4) is 0 Å². The number of ether oxygens (including phenoxy) is 1. The lowest BCUT2D eigenvalue weighted by Gasteiger charge is -2.15. The van der Waals surface area contributed by atoms with Crippen LogP contribution in [0.1, 0.15) is 19.3 Å². The van der Waals surface area contributed by atoms with Gasteiger partial charge in [-0.1, -0.05) is 0 Å². The highest BCUT2D eigenvalue weighted by molar-refractivity contribution is 6.28. The van der Waals surface area contributed by atoms with Crippen molar-refractivity contribution < 1.29 is 4.74 Å². The van der Waals surface area contributed by atoms with Crippen LogP contribution in [0.15, 0.2) is 0 Å². The number of likely N-dealkylation sites (tertiary alicyclic amines) is 1. The number of anilines is 1. The number of nitrogens with zero attached hydrogens (tertiary/aromatic N) is 4. The molecule has 1 saturated carbocycles. The summed E-state index contributed by atoms with van der Waals surface area (Å²) in [4.78, 5) is 14.6. The maximum Gasteiger partial charge on any atom is 0.322 e. The van der Waals surface area contributed by atoms with E-state index in [-0.39, 0.29) is 11.3 Å². The van der Waals surface area contributed by atoms with E-state index >= 15 is 0 Å². The smallest absolute Gasteiger partial charge is 0.322 e. The Kier molecular flexibility index (Phi) is 3.22. The van der Waals surface area contributed by atoms with Crippen molar-refractivity contribution in [2.75, 3.05) is 25.5 Å². The van der Waals surface area contributed by atoms with Crippen molar-refractivity contribution in [2.24, 2.45) is 0 Å². The third kappa shape index (κ3) is 2.64. The Hall–Kier alpha value is -1.14. The zero-order valence-corrected chi connectivity index (χ0v) is 11.0. The lowest BCUT2D eigenvalue weighted by molar-refractivity contribution is 0.326. The molecule has 0 aromatic carbocycles. The Morgan fingerprint density at radius 1 is 1.28 bits per heavy atom. The minimum atomic E-state index is 0.154. The van der Waals surface area contributed by atoms with Gasteiger partial charge >= 0.3 is 6.01 Å². The first-order valence-electron chi connectivity index (χ1n) is 6.21. The molecule has 2 aliphatic rings. The lowest BCUT2D eigenvalue weighted by Crippen LogP contribution is -2.28. The Labute approximate surface area is 111 Å². The fourth-order valence-electron chi connectivity index (χ4n) is 2.35. The van der Waals surface area contributed by atoms with Crippen LogP contribution in [0.2, 0.25) is 5.28 Å². The summed E-state index contributed by atoms with van der Waals surface area (Å²) in [5.41, 5.74) is 0. The third-order valence-corrected chi connectivity index (χ3v) is 3.56. The van der Waals surface area contributed by atoms with Crippen LogP contribution in [-0.4, -0.2) is 52.1 Å². The molecule has 2 heterocycles. The molecule has 0 bridgehead atoms. The molecule has 7 heteroatoms. The van der Waals surface area contributed by atoms with E-state index in [1.807, 2.05) is 0 Å². The van der Waals surface area contributed by atoms with Crippen LogP contribution in [0.4, 0.5) is 5.95 Å². The van der Waals surface area contributed by atoms with Crippen LogP contribution in [0, 0.1) is 0 Å². The molecule has 1 N–H and O–H groups in total. The summed E-state index contributed by atoms with van der Waals surface area (Å²) in [6.45, 7) is 2.20. The fraction of sp³-hybridized carbons (Fsp3) is 0.727. The second kappa shape index (κ2) is 4.85. The van der Waals surface area contributed by atoms with E-state index in [2.05, 4.69) is 25.2 Å². The van der Waals surface area contributed by atoms with Gasteiger partial charge in [-0.2, -0.15) is 15.0 Å². The Morgan fingerprint density at radius 3 is 2.83 bits per heavy atom. The molecular formula is C11H16ClN5O. The quantitative estimate of drug-likeness (QED) is 0.886. The summed E-state index contributed by atoms with van der Waals surface area (Å²) >= 11 is 5.81. The summed E-state index contributed by atoms with van der Waals surface area (Å²) < 4.78 is 4.97. The maximum atomic E-state index is 5.81.